The monoisotopic (exact) mass is 299 g/mol. The Balaban J connectivity index is 2.07. The summed E-state index contributed by atoms with van der Waals surface area (Å²) >= 11 is 7.00. The maximum Gasteiger partial charge on any atom is 0.0453 e. The Morgan fingerprint density at radius 2 is 2.20 bits per heavy atom. The van der Waals surface area contributed by atoms with Crippen LogP contribution in [0.15, 0.2) is 45.1 Å². The minimum absolute atomic E-state index is 0.847. The number of nitrogens with two attached hydrogens (primary N) is 1. The van der Waals surface area contributed by atoms with Gasteiger partial charge in [-0.3, -0.25) is 0 Å². The summed E-state index contributed by atoms with van der Waals surface area (Å²) in [6, 6.07) is 10.2. The maximum absolute atomic E-state index is 5.89. The van der Waals surface area contributed by atoms with Gasteiger partial charge in [-0.2, -0.15) is 0 Å². The number of hydrogen-bond acceptors (Lipinski definition) is 3. The number of anilines is 1. The quantitative estimate of drug-likeness (QED) is 0.672. The molecular formula is C11H10BrNS2. The van der Waals surface area contributed by atoms with E-state index in [1.807, 2.05) is 12.1 Å². The molecule has 0 amide bonds. The lowest BCUT2D eigenvalue weighted by Crippen LogP contribution is -1.88. The van der Waals surface area contributed by atoms with Crippen LogP contribution in [0, 0.1) is 0 Å². The molecule has 0 fully saturated rings. The molecule has 1 nitrogen and oxygen atoms in total. The summed E-state index contributed by atoms with van der Waals surface area (Å²) in [5, 5.41) is 2.10. The largest absolute Gasteiger partial charge is 0.398 e. The van der Waals surface area contributed by atoms with Crippen LogP contribution < -0.4 is 5.73 Å². The highest BCUT2D eigenvalue weighted by Crippen LogP contribution is 2.31. The van der Waals surface area contributed by atoms with E-state index in [2.05, 4.69) is 39.5 Å². The summed E-state index contributed by atoms with van der Waals surface area (Å²) in [5.41, 5.74) is 6.74. The summed E-state index contributed by atoms with van der Waals surface area (Å²) in [7, 11) is 0. The van der Waals surface area contributed by atoms with Gasteiger partial charge in [0.1, 0.15) is 0 Å². The predicted octanol–water partition coefficient (Wildman–Crippen LogP) is 4.39. The number of hydrogen-bond donors (Lipinski definition) is 1. The number of thioether (sulfide) groups is 1. The molecule has 2 N–H and O–H groups in total. The lowest BCUT2D eigenvalue weighted by Gasteiger charge is -2.04. The van der Waals surface area contributed by atoms with Gasteiger partial charge < -0.3 is 5.73 Å². The lowest BCUT2D eigenvalue weighted by atomic mass is 10.3. The molecule has 0 bridgehead atoms. The zero-order chi connectivity index (χ0) is 10.7. The van der Waals surface area contributed by atoms with Crippen molar-refractivity contribution in [2.75, 3.05) is 5.73 Å². The van der Waals surface area contributed by atoms with Gasteiger partial charge in [-0.1, -0.05) is 22.0 Å². The Morgan fingerprint density at radius 1 is 1.33 bits per heavy atom. The van der Waals surface area contributed by atoms with Crippen molar-refractivity contribution in [1.29, 1.82) is 0 Å². The van der Waals surface area contributed by atoms with Crippen LogP contribution in [0.2, 0.25) is 0 Å². The summed E-state index contributed by atoms with van der Waals surface area (Å²) in [6.07, 6.45) is 0. The van der Waals surface area contributed by atoms with Crippen LogP contribution in [-0.2, 0) is 5.75 Å². The van der Waals surface area contributed by atoms with Gasteiger partial charge >= 0.3 is 0 Å². The molecule has 1 heterocycles. The number of benzene rings is 1. The summed E-state index contributed by atoms with van der Waals surface area (Å²) < 4.78 is 1.07. The third-order valence-electron chi connectivity index (χ3n) is 1.93. The normalized spacial score (nSPS) is 10.5. The molecule has 78 valence electrons. The van der Waals surface area contributed by atoms with Gasteiger partial charge in [0.05, 0.1) is 0 Å². The summed E-state index contributed by atoms with van der Waals surface area (Å²) in [6.45, 7) is 0. The first-order valence-corrected chi connectivity index (χ1v) is 7.12. The van der Waals surface area contributed by atoms with Crippen LogP contribution in [0.1, 0.15) is 4.88 Å². The topological polar surface area (TPSA) is 26.0 Å². The van der Waals surface area contributed by atoms with Gasteiger partial charge in [-0.15, -0.1) is 23.1 Å². The van der Waals surface area contributed by atoms with Crippen molar-refractivity contribution in [3.63, 3.8) is 0 Å². The Morgan fingerprint density at radius 3 is 2.93 bits per heavy atom. The Kier molecular flexibility index (Phi) is 3.72. The van der Waals surface area contributed by atoms with Crippen LogP contribution in [0.3, 0.4) is 0 Å². The minimum Gasteiger partial charge on any atom is -0.398 e. The molecule has 0 unspecified atom stereocenters. The number of nitrogen functional groups attached to an aromatic ring is 1. The smallest absolute Gasteiger partial charge is 0.0453 e. The molecule has 0 aliphatic rings. The van der Waals surface area contributed by atoms with Crippen molar-refractivity contribution in [2.24, 2.45) is 0 Å². The van der Waals surface area contributed by atoms with E-state index in [9.17, 15) is 0 Å². The molecule has 0 saturated heterocycles. The second-order valence-electron chi connectivity index (χ2n) is 3.05. The second-order valence-corrected chi connectivity index (χ2v) is 6.02. The minimum atomic E-state index is 0.847. The van der Waals surface area contributed by atoms with Gasteiger partial charge in [0.15, 0.2) is 0 Å². The molecule has 0 spiro atoms. The zero-order valence-corrected chi connectivity index (χ0v) is 11.2. The molecule has 0 aliphatic heterocycles. The fourth-order valence-corrected chi connectivity index (χ4v) is 3.47. The van der Waals surface area contributed by atoms with E-state index in [1.165, 1.54) is 4.88 Å². The van der Waals surface area contributed by atoms with Crippen LogP contribution in [0.4, 0.5) is 5.69 Å². The predicted molar refractivity (Wildman–Crippen MR) is 72.4 cm³/mol. The fourth-order valence-electron chi connectivity index (χ4n) is 1.18. The SMILES string of the molecule is Nc1ccc(Br)cc1SCc1cccs1. The fraction of sp³-hybridized carbons (Fsp3) is 0.0909. The van der Waals surface area contributed by atoms with Gasteiger partial charge in [-0.05, 0) is 29.6 Å². The zero-order valence-electron chi connectivity index (χ0n) is 7.94. The number of rotatable bonds is 3. The average Bonchev–Trinajstić information content (AvgIpc) is 2.72. The first-order chi connectivity index (χ1) is 7.25. The Hall–Kier alpha value is -0.450. The molecule has 0 atom stereocenters. The van der Waals surface area contributed by atoms with Crippen molar-refractivity contribution in [2.45, 2.75) is 10.6 Å². The van der Waals surface area contributed by atoms with Crippen LogP contribution in [-0.4, -0.2) is 0 Å². The highest BCUT2D eigenvalue weighted by molar-refractivity contribution is 9.10. The van der Waals surface area contributed by atoms with Gasteiger partial charge in [0.2, 0.25) is 0 Å². The van der Waals surface area contributed by atoms with E-state index >= 15 is 0 Å². The first kappa shape index (κ1) is 11.0. The lowest BCUT2D eigenvalue weighted by molar-refractivity contribution is 1.41. The van der Waals surface area contributed by atoms with Crippen molar-refractivity contribution in [3.05, 3.63) is 45.1 Å². The third-order valence-corrected chi connectivity index (χ3v) is 4.60. The van der Waals surface area contributed by atoms with E-state index in [0.717, 1.165) is 20.8 Å². The number of thiophene rings is 1. The third kappa shape index (κ3) is 3.00. The van der Waals surface area contributed by atoms with Crippen LogP contribution in [0.5, 0.6) is 0 Å². The molecule has 1 aromatic heterocycles. The van der Waals surface area contributed by atoms with Crippen LogP contribution >= 0.6 is 39.0 Å². The van der Waals surface area contributed by atoms with Gasteiger partial charge in [0.25, 0.3) is 0 Å². The standard InChI is InChI=1S/C11H10BrNS2/c12-8-3-4-10(13)11(6-8)15-7-9-2-1-5-14-9/h1-6H,7,13H2. The second kappa shape index (κ2) is 5.05. The highest BCUT2D eigenvalue weighted by Gasteiger charge is 2.02. The van der Waals surface area contributed by atoms with Gasteiger partial charge in [-0.25, -0.2) is 0 Å². The van der Waals surface area contributed by atoms with E-state index in [4.69, 9.17) is 5.73 Å². The summed E-state index contributed by atoms with van der Waals surface area (Å²) in [4.78, 5) is 2.51. The molecule has 0 saturated carbocycles. The molecule has 2 rings (SSSR count). The van der Waals surface area contributed by atoms with Crippen LogP contribution in [0.25, 0.3) is 0 Å². The molecule has 4 heteroatoms. The molecule has 2 aromatic rings. The van der Waals surface area contributed by atoms with E-state index in [0.29, 0.717) is 0 Å². The van der Waals surface area contributed by atoms with Crippen molar-refractivity contribution in [3.8, 4) is 0 Å². The summed E-state index contributed by atoms with van der Waals surface area (Å²) in [5.74, 6) is 0.984. The highest BCUT2D eigenvalue weighted by atomic mass is 79.9. The van der Waals surface area contributed by atoms with Crippen molar-refractivity contribution >= 4 is 44.7 Å². The van der Waals surface area contributed by atoms with E-state index in [-0.39, 0.29) is 0 Å². The van der Waals surface area contributed by atoms with E-state index in [1.54, 1.807) is 23.1 Å². The molecule has 0 aliphatic carbocycles. The van der Waals surface area contributed by atoms with Crippen molar-refractivity contribution in [1.82, 2.24) is 0 Å². The Bertz CT molecular complexity index is 440. The molecule has 15 heavy (non-hydrogen) atoms. The van der Waals surface area contributed by atoms with E-state index < -0.39 is 0 Å². The number of halogens is 1. The average molecular weight is 300 g/mol. The first-order valence-electron chi connectivity index (χ1n) is 4.46. The van der Waals surface area contributed by atoms with Gasteiger partial charge in [0, 0.05) is 25.7 Å². The molecular weight excluding hydrogens is 290 g/mol. The van der Waals surface area contributed by atoms with Crippen molar-refractivity contribution < 1.29 is 0 Å². The Labute approximate surface area is 106 Å². The maximum atomic E-state index is 5.89. The molecule has 1 aromatic carbocycles. The molecule has 0 radical (unpaired) electrons.